The molecule has 1 aromatic rings. The molecule has 2 N–H and O–H groups in total. The first kappa shape index (κ1) is 10.0. The number of hydrogen-bond acceptors (Lipinski definition) is 3. The highest BCUT2D eigenvalue weighted by molar-refractivity contribution is 5.33. The lowest BCUT2D eigenvalue weighted by atomic mass is 10.1. The van der Waals surface area contributed by atoms with Crippen LogP contribution in [0.2, 0.25) is 0 Å². The molecule has 0 aliphatic rings. The molecule has 1 rings (SSSR count). The maximum atomic E-state index is 8.31. The molecule has 0 aliphatic heterocycles. The van der Waals surface area contributed by atoms with Gasteiger partial charge in [-0.25, -0.2) is 5.48 Å². The van der Waals surface area contributed by atoms with E-state index in [4.69, 9.17) is 9.94 Å². The Kier molecular flexibility index (Phi) is 3.73. The fourth-order valence-electron chi connectivity index (χ4n) is 1.02. The van der Waals surface area contributed by atoms with Crippen molar-refractivity contribution in [2.75, 3.05) is 13.2 Å². The standard InChI is InChI=1S/C10H15NO2/c1-8-3-4-10(7-9(8)2)13-6-5-11-12/h3-4,7,11-12H,5-6H2,1-2H3. The maximum Gasteiger partial charge on any atom is 0.119 e. The molecule has 0 spiro atoms. The van der Waals surface area contributed by atoms with Gasteiger partial charge in [0.1, 0.15) is 12.4 Å². The average Bonchev–Trinajstić information content (AvgIpc) is 2.12. The zero-order valence-electron chi connectivity index (χ0n) is 8.00. The van der Waals surface area contributed by atoms with Crippen LogP contribution in [0.25, 0.3) is 0 Å². The predicted octanol–water partition coefficient (Wildman–Crippen LogP) is 1.66. The van der Waals surface area contributed by atoms with Gasteiger partial charge in [0, 0.05) is 0 Å². The second-order valence-corrected chi connectivity index (χ2v) is 3.00. The van der Waals surface area contributed by atoms with Gasteiger partial charge in [0.15, 0.2) is 0 Å². The lowest BCUT2D eigenvalue weighted by molar-refractivity contribution is 0.145. The molecule has 1 aromatic carbocycles. The molecule has 0 aromatic heterocycles. The van der Waals surface area contributed by atoms with E-state index in [1.54, 1.807) is 0 Å². The largest absolute Gasteiger partial charge is 0.492 e. The van der Waals surface area contributed by atoms with Crippen LogP contribution < -0.4 is 10.2 Å². The molecular formula is C10H15NO2. The van der Waals surface area contributed by atoms with Gasteiger partial charge in [-0.05, 0) is 37.1 Å². The average molecular weight is 181 g/mol. The minimum atomic E-state index is 0.437. The topological polar surface area (TPSA) is 41.5 Å². The molecular weight excluding hydrogens is 166 g/mol. The van der Waals surface area contributed by atoms with E-state index >= 15 is 0 Å². The molecule has 0 amide bonds. The van der Waals surface area contributed by atoms with E-state index in [9.17, 15) is 0 Å². The summed E-state index contributed by atoms with van der Waals surface area (Å²) in [6, 6.07) is 5.95. The molecule has 0 bridgehead atoms. The lowest BCUT2D eigenvalue weighted by Crippen LogP contribution is -2.16. The SMILES string of the molecule is Cc1ccc(OCCNO)cc1C. The number of hydrogen-bond donors (Lipinski definition) is 2. The van der Waals surface area contributed by atoms with Crippen LogP contribution in [-0.2, 0) is 0 Å². The van der Waals surface area contributed by atoms with Crippen LogP contribution in [0.3, 0.4) is 0 Å². The Balaban J connectivity index is 2.53. The number of rotatable bonds is 4. The van der Waals surface area contributed by atoms with Gasteiger partial charge in [-0.15, -0.1) is 0 Å². The van der Waals surface area contributed by atoms with Crippen molar-refractivity contribution in [2.24, 2.45) is 0 Å². The van der Waals surface area contributed by atoms with Crippen molar-refractivity contribution in [3.05, 3.63) is 29.3 Å². The summed E-state index contributed by atoms with van der Waals surface area (Å²) in [5.41, 5.74) is 4.51. The number of ether oxygens (including phenoxy) is 1. The fourth-order valence-corrected chi connectivity index (χ4v) is 1.02. The zero-order valence-corrected chi connectivity index (χ0v) is 8.00. The summed E-state index contributed by atoms with van der Waals surface area (Å²) in [4.78, 5) is 0. The molecule has 0 saturated heterocycles. The zero-order chi connectivity index (χ0) is 9.68. The molecule has 0 unspecified atom stereocenters. The molecule has 0 atom stereocenters. The highest BCUT2D eigenvalue weighted by Gasteiger charge is 1.96. The third-order valence-corrected chi connectivity index (χ3v) is 1.96. The van der Waals surface area contributed by atoms with E-state index in [0.717, 1.165) is 5.75 Å². The number of aryl methyl sites for hydroxylation is 2. The van der Waals surface area contributed by atoms with Crippen molar-refractivity contribution in [1.82, 2.24) is 5.48 Å². The van der Waals surface area contributed by atoms with Crippen molar-refractivity contribution in [2.45, 2.75) is 13.8 Å². The molecule has 0 radical (unpaired) electrons. The van der Waals surface area contributed by atoms with Gasteiger partial charge in [0.25, 0.3) is 0 Å². The van der Waals surface area contributed by atoms with Gasteiger partial charge in [-0.1, -0.05) is 6.07 Å². The summed E-state index contributed by atoms with van der Waals surface area (Å²) < 4.78 is 5.36. The summed E-state index contributed by atoms with van der Waals surface area (Å²) in [6.07, 6.45) is 0. The molecule has 0 heterocycles. The molecule has 0 saturated carbocycles. The maximum absolute atomic E-state index is 8.31. The van der Waals surface area contributed by atoms with E-state index < -0.39 is 0 Å². The second-order valence-electron chi connectivity index (χ2n) is 3.00. The molecule has 0 aliphatic carbocycles. The quantitative estimate of drug-likeness (QED) is 0.548. The van der Waals surface area contributed by atoms with Crippen LogP contribution in [0, 0.1) is 13.8 Å². The van der Waals surface area contributed by atoms with Crippen molar-refractivity contribution >= 4 is 0 Å². The Morgan fingerprint density at radius 1 is 1.31 bits per heavy atom. The Labute approximate surface area is 78.3 Å². The Morgan fingerprint density at radius 2 is 2.08 bits per heavy atom. The van der Waals surface area contributed by atoms with E-state index in [2.05, 4.69) is 6.92 Å². The van der Waals surface area contributed by atoms with Crippen LogP contribution in [0.15, 0.2) is 18.2 Å². The highest BCUT2D eigenvalue weighted by atomic mass is 16.5. The Morgan fingerprint density at radius 3 is 2.69 bits per heavy atom. The van der Waals surface area contributed by atoms with Gasteiger partial charge in [-0.3, -0.25) is 0 Å². The van der Waals surface area contributed by atoms with Crippen molar-refractivity contribution in [3.63, 3.8) is 0 Å². The first-order chi connectivity index (χ1) is 6.24. The van der Waals surface area contributed by atoms with Gasteiger partial charge in [0.2, 0.25) is 0 Å². The first-order valence-electron chi connectivity index (χ1n) is 4.31. The number of nitrogens with one attached hydrogen (secondary N) is 1. The van der Waals surface area contributed by atoms with E-state index in [-0.39, 0.29) is 0 Å². The van der Waals surface area contributed by atoms with Crippen molar-refractivity contribution in [1.29, 1.82) is 0 Å². The van der Waals surface area contributed by atoms with Crippen LogP contribution in [0.5, 0.6) is 5.75 Å². The minimum absolute atomic E-state index is 0.437. The van der Waals surface area contributed by atoms with E-state index in [1.807, 2.05) is 30.6 Å². The van der Waals surface area contributed by atoms with Crippen LogP contribution in [-0.4, -0.2) is 18.4 Å². The van der Waals surface area contributed by atoms with Crippen LogP contribution in [0.1, 0.15) is 11.1 Å². The number of hydroxylamine groups is 1. The van der Waals surface area contributed by atoms with Gasteiger partial charge in [0.05, 0.1) is 6.54 Å². The van der Waals surface area contributed by atoms with Gasteiger partial charge in [-0.2, -0.15) is 0 Å². The summed E-state index contributed by atoms with van der Waals surface area (Å²) >= 11 is 0. The molecule has 3 heteroatoms. The third-order valence-electron chi connectivity index (χ3n) is 1.96. The Hall–Kier alpha value is -1.06. The first-order valence-corrected chi connectivity index (χ1v) is 4.31. The summed E-state index contributed by atoms with van der Waals surface area (Å²) in [6.45, 7) is 5.02. The van der Waals surface area contributed by atoms with Gasteiger partial charge < -0.3 is 9.94 Å². The fraction of sp³-hybridized carbons (Fsp3) is 0.400. The van der Waals surface area contributed by atoms with Gasteiger partial charge >= 0.3 is 0 Å². The predicted molar refractivity (Wildman–Crippen MR) is 51.2 cm³/mol. The van der Waals surface area contributed by atoms with Crippen molar-refractivity contribution < 1.29 is 9.94 Å². The molecule has 3 nitrogen and oxygen atoms in total. The number of benzene rings is 1. The third kappa shape index (κ3) is 3.05. The summed E-state index contributed by atoms with van der Waals surface area (Å²) in [5.74, 6) is 0.846. The van der Waals surface area contributed by atoms with Crippen molar-refractivity contribution in [3.8, 4) is 5.75 Å². The summed E-state index contributed by atoms with van der Waals surface area (Å²) in [5, 5.41) is 8.31. The minimum Gasteiger partial charge on any atom is -0.492 e. The second kappa shape index (κ2) is 4.84. The smallest absolute Gasteiger partial charge is 0.119 e. The monoisotopic (exact) mass is 181 g/mol. The molecule has 0 fully saturated rings. The summed E-state index contributed by atoms with van der Waals surface area (Å²) in [7, 11) is 0. The molecule has 13 heavy (non-hydrogen) atoms. The van der Waals surface area contributed by atoms with Crippen LogP contribution >= 0.6 is 0 Å². The van der Waals surface area contributed by atoms with E-state index in [0.29, 0.717) is 13.2 Å². The molecule has 72 valence electrons. The lowest BCUT2D eigenvalue weighted by Gasteiger charge is -2.07. The Bertz CT molecular complexity index is 274. The van der Waals surface area contributed by atoms with Crippen LogP contribution in [0.4, 0.5) is 0 Å². The highest BCUT2D eigenvalue weighted by Crippen LogP contribution is 2.15. The normalized spacial score (nSPS) is 10.1. The van der Waals surface area contributed by atoms with E-state index in [1.165, 1.54) is 11.1 Å².